The number of aliphatic imine (C=N–C) groups is 1. The third kappa shape index (κ3) is 5.11. The van der Waals surface area contributed by atoms with Gasteiger partial charge in [0.05, 0.1) is 5.04 Å². The topological polar surface area (TPSA) is 54.6 Å². The third-order valence-electron chi connectivity index (χ3n) is 4.90. The van der Waals surface area contributed by atoms with Crippen molar-refractivity contribution in [2.75, 3.05) is 7.05 Å². The molecule has 0 unspecified atom stereocenters. The zero-order valence-electron chi connectivity index (χ0n) is 17.2. The van der Waals surface area contributed by atoms with E-state index in [0.717, 1.165) is 21.7 Å². The number of hydrogen-bond acceptors (Lipinski definition) is 3. The van der Waals surface area contributed by atoms with E-state index in [1.165, 1.54) is 36.0 Å². The summed E-state index contributed by atoms with van der Waals surface area (Å²) in [6, 6.07) is 10.5. The summed E-state index contributed by atoms with van der Waals surface area (Å²) in [5.74, 6) is -1.67. The Labute approximate surface area is 183 Å². The highest BCUT2D eigenvalue weighted by molar-refractivity contribution is 8.14. The van der Waals surface area contributed by atoms with Crippen LogP contribution in [0.25, 0.3) is 10.9 Å². The van der Waals surface area contributed by atoms with Crippen molar-refractivity contribution in [3.05, 3.63) is 89.7 Å². The Hall–Kier alpha value is -3.19. The smallest absolute Gasteiger partial charge is 0.323 e. The summed E-state index contributed by atoms with van der Waals surface area (Å²) >= 11 is 1.39. The van der Waals surface area contributed by atoms with Gasteiger partial charge in [0.1, 0.15) is 18.2 Å². The minimum absolute atomic E-state index is 0.215. The van der Waals surface area contributed by atoms with Gasteiger partial charge in [-0.3, -0.25) is 9.79 Å². The molecule has 0 aliphatic carbocycles. The van der Waals surface area contributed by atoms with Gasteiger partial charge in [-0.25, -0.2) is 8.78 Å². The Morgan fingerprint density at radius 1 is 1.19 bits per heavy atom. The van der Waals surface area contributed by atoms with Gasteiger partial charge in [-0.15, -0.1) is 0 Å². The predicted molar refractivity (Wildman–Crippen MR) is 122 cm³/mol. The lowest BCUT2D eigenvalue weighted by atomic mass is 10.0. The van der Waals surface area contributed by atoms with Gasteiger partial charge in [-0.1, -0.05) is 30.5 Å². The van der Waals surface area contributed by atoms with Crippen molar-refractivity contribution >= 4 is 33.7 Å². The molecule has 31 heavy (non-hydrogen) atoms. The van der Waals surface area contributed by atoms with E-state index in [1.54, 1.807) is 35.9 Å². The number of thioether (sulfide) groups is 1. The number of benzene rings is 2. The first-order valence-electron chi connectivity index (χ1n) is 9.55. The average Bonchev–Trinajstić information content (AvgIpc) is 2.97. The fourth-order valence-corrected chi connectivity index (χ4v) is 4.35. The average molecular weight is 441 g/mol. The van der Waals surface area contributed by atoms with Crippen LogP contribution in [0.5, 0.6) is 0 Å². The minimum Gasteiger partial charge on any atom is -0.480 e. The fourth-order valence-electron chi connectivity index (χ4n) is 3.49. The Morgan fingerprint density at radius 2 is 1.87 bits per heavy atom. The van der Waals surface area contributed by atoms with Crippen LogP contribution in [0.4, 0.5) is 8.78 Å². The molecular formula is C24H22F2N2O2S. The maximum atomic E-state index is 14.0. The number of nitrogens with zero attached hydrogens (tertiary/aromatic N) is 2. The summed E-state index contributed by atoms with van der Waals surface area (Å²) in [5.41, 5.74) is 3.08. The number of carboxylic acid groups (broad SMARTS) is 1. The van der Waals surface area contributed by atoms with Crippen LogP contribution in [0, 0.1) is 18.6 Å². The first-order valence-corrected chi connectivity index (χ1v) is 10.4. The van der Waals surface area contributed by atoms with Gasteiger partial charge in [-0.05, 0) is 60.5 Å². The van der Waals surface area contributed by atoms with Crippen molar-refractivity contribution in [3.8, 4) is 0 Å². The second-order valence-electron chi connectivity index (χ2n) is 6.89. The molecule has 0 saturated heterocycles. The molecule has 0 saturated carbocycles. The van der Waals surface area contributed by atoms with Crippen LogP contribution < -0.4 is 0 Å². The Balaban J connectivity index is 2.04. The highest BCUT2D eigenvalue weighted by atomic mass is 32.2. The summed E-state index contributed by atoms with van der Waals surface area (Å²) in [6.45, 7) is 5.40. The highest BCUT2D eigenvalue weighted by Crippen LogP contribution is 2.32. The molecule has 1 aromatic heterocycles. The number of carboxylic acids is 1. The number of aliphatic carboxylic acids is 1. The van der Waals surface area contributed by atoms with Crippen LogP contribution in [0.2, 0.25) is 0 Å². The lowest BCUT2D eigenvalue weighted by molar-refractivity contribution is -0.137. The zero-order valence-corrected chi connectivity index (χ0v) is 18.0. The maximum absolute atomic E-state index is 14.0. The molecule has 4 nitrogen and oxygen atoms in total. The summed E-state index contributed by atoms with van der Waals surface area (Å²) < 4.78 is 29.0. The number of allylic oxidation sites excluding steroid dienone is 2. The van der Waals surface area contributed by atoms with Crippen molar-refractivity contribution in [1.29, 1.82) is 0 Å². The van der Waals surface area contributed by atoms with Gasteiger partial charge >= 0.3 is 5.97 Å². The summed E-state index contributed by atoms with van der Waals surface area (Å²) in [7, 11) is 1.67. The number of carbonyl (C=O) groups is 1. The van der Waals surface area contributed by atoms with Crippen LogP contribution >= 0.6 is 11.8 Å². The minimum atomic E-state index is -0.972. The fraction of sp³-hybridized carbons (Fsp3) is 0.167. The molecule has 0 atom stereocenters. The van der Waals surface area contributed by atoms with Crippen molar-refractivity contribution in [3.63, 3.8) is 0 Å². The third-order valence-corrected chi connectivity index (χ3v) is 6.05. The molecule has 160 valence electrons. The van der Waals surface area contributed by atoms with Crippen LogP contribution in [0.3, 0.4) is 0 Å². The van der Waals surface area contributed by atoms with Gasteiger partial charge < -0.3 is 9.67 Å². The van der Waals surface area contributed by atoms with Crippen LogP contribution in [-0.2, 0) is 17.8 Å². The molecule has 1 heterocycles. The normalized spacial score (nSPS) is 12.4. The van der Waals surface area contributed by atoms with Gasteiger partial charge in [-0.2, -0.15) is 0 Å². The van der Waals surface area contributed by atoms with Crippen molar-refractivity contribution < 1.29 is 18.7 Å². The van der Waals surface area contributed by atoms with Crippen molar-refractivity contribution in [2.24, 2.45) is 4.99 Å². The van der Waals surface area contributed by atoms with Gasteiger partial charge in [0.15, 0.2) is 0 Å². The molecule has 1 N–H and O–H groups in total. The highest BCUT2D eigenvalue weighted by Gasteiger charge is 2.19. The molecule has 0 bridgehead atoms. The number of hydrogen-bond donors (Lipinski definition) is 1. The molecule has 0 aliphatic rings. The molecule has 7 heteroatoms. The monoisotopic (exact) mass is 440 g/mol. The quantitative estimate of drug-likeness (QED) is 0.219. The zero-order chi connectivity index (χ0) is 22.5. The summed E-state index contributed by atoms with van der Waals surface area (Å²) in [6.07, 6.45) is 3.89. The van der Waals surface area contributed by atoms with E-state index in [-0.39, 0.29) is 18.2 Å². The second kappa shape index (κ2) is 9.75. The van der Waals surface area contributed by atoms with E-state index in [9.17, 15) is 18.7 Å². The van der Waals surface area contributed by atoms with E-state index >= 15 is 0 Å². The molecule has 0 radical (unpaired) electrons. The van der Waals surface area contributed by atoms with Gasteiger partial charge in [0, 0.05) is 35.0 Å². The van der Waals surface area contributed by atoms with E-state index in [0.29, 0.717) is 22.4 Å². The molecule has 3 aromatic rings. The first kappa shape index (κ1) is 22.5. The lowest BCUT2D eigenvalue weighted by Gasteiger charge is -2.12. The van der Waals surface area contributed by atoms with E-state index in [1.807, 2.05) is 13.0 Å². The summed E-state index contributed by atoms with van der Waals surface area (Å²) in [4.78, 5) is 16.6. The Bertz CT molecular complexity index is 1190. The Morgan fingerprint density at radius 3 is 2.48 bits per heavy atom. The Kier molecular flexibility index (Phi) is 7.07. The number of aromatic nitrogens is 1. The molecular weight excluding hydrogens is 418 g/mol. The van der Waals surface area contributed by atoms with Crippen LogP contribution in [-0.4, -0.2) is 27.7 Å². The predicted octanol–water partition coefficient (Wildman–Crippen LogP) is 5.79. The van der Waals surface area contributed by atoms with E-state index < -0.39 is 5.97 Å². The van der Waals surface area contributed by atoms with E-state index in [2.05, 4.69) is 11.6 Å². The van der Waals surface area contributed by atoms with Crippen molar-refractivity contribution in [2.45, 2.75) is 24.8 Å². The number of fused-ring (bicyclic) bond motifs is 1. The van der Waals surface area contributed by atoms with Crippen LogP contribution in [0.1, 0.15) is 11.3 Å². The first-order chi connectivity index (χ1) is 14.8. The van der Waals surface area contributed by atoms with Crippen molar-refractivity contribution in [1.82, 2.24) is 4.57 Å². The standard InChI is InChI=1S/C24H22F2N2O2S/c1-4-5-16(24(27-3)31-19-9-6-17(25)7-10-19)12-20-15(2)28(14-23(29)30)22-11-8-18(26)13-21(20)22/h4-11,13H,1,12,14H2,2-3H3,(H,29,30)/b16-5-,27-24?. The summed E-state index contributed by atoms with van der Waals surface area (Å²) in [5, 5.41) is 10.7. The number of halogens is 2. The van der Waals surface area contributed by atoms with Gasteiger partial charge in [0.25, 0.3) is 0 Å². The van der Waals surface area contributed by atoms with E-state index in [4.69, 9.17) is 0 Å². The van der Waals surface area contributed by atoms with Crippen LogP contribution in [0.15, 0.2) is 76.7 Å². The molecule has 0 aliphatic heterocycles. The SMILES string of the molecule is C=C/C=C(/Cc1c(C)n(CC(=O)O)c2ccc(F)cc12)C(=NC)Sc1ccc(F)cc1. The molecule has 0 spiro atoms. The number of rotatable bonds is 7. The lowest BCUT2D eigenvalue weighted by Crippen LogP contribution is -2.10. The van der Waals surface area contributed by atoms with Gasteiger partial charge in [0.2, 0.25) is 0 Å². The molecule has 3 rings (SSSR count). The molecule has 0 amide bonds. The second-order valence-corrected chi connectivity index (χ2v) is 7.96. The largest absolute Gasteiger partial charge is 0.480 e. The molecule has 0 fully saturated rings. The molecule has 2 aromatic carbocycles. The maximum Gasteiger partial charge on any atom is 0.323 e.